The zero-order valence-electron chi connectivity index (χ0n) is 18.1. The van der Waals surface area contributed by atoms with Crippen LogP contribution >= 0.6 is 0 Å². The number of nitrogens with zero attached hydrogens (tertiary/aromatic N) is 1. The van der Waals surface area contributed by atoms with E-state index in [1.807, 2.05) is 19.9 Å². The number of phenols is 1. The van der Waals surface area contributed by atoms with Gasteiger partial charge in [0.25, 0.3) is 0 Å². The molecule has 4 aliphatic carbocycles. The summed E-state index contributed by atoms with van der Waals surface area (Å²) in [5, 5.41) is 22.0. The van der Waals surface area contributed by atoms with Crippen LogP contribution in [0.2, 0.25) is 0 Å². The van der Waals surface area contributed by atoms with Crippen molar-refractivity contribution in [2.24, 2.45) is 11.3 Å². The zero-order valence-corrected chi connectivity index (χ0v) is 18.1. The number of alkyl halides is 1. The van der Waals surface area contributed by atoms with Gasteiger partial charge >= 0.3 is 0 Å². The molecule has 2 heterocycles. The fourth-order valence-electron chi connectivity index (χ4n) is 8.76. The van der Waals surface area contributed by atoms with Crippen LogP contribution in [-0.2, 0) is 16.6 Å². The Bertz CT molecular complexity index is 915. The van der Waals surface area contributed by atoms with Gasteiger partial charge in [0.2, 0.25) is 0 Å². The van der Waals surface area contributed by atoms with Gasteiger partial charge in [0.05, 0.1) is 5.60 Å². The number of phenolic OH excluding ortho intramolecular Hbond substituents is 1. The van der Waals surface area contributed by atoms with Crippen molar-refractivity contribution in [3.63, 3.8) is 0 Å². The van der Waals surface area contributed by atoms with E-state index in [1.54, 1.807) is 13.2 Å². The first kappa shape index (κ1) is 19.3. The summed E-state index contributed by atoms with van der Waals surface area (Å²) in [5.41, 5.74) is 0.518. The smallest absolute Gasteiger partial charge is 0.165 e. The predicted octanol–water partition coefficient (Wildman–Crippen LogP) is 2.95. The summed E-state index contributed by atoms with van der Waals surface area (Å²) in [4.78, 5) is 2.35. The molecule has 6 atom stereocenters. The van der Waals surface area contributed by atoms with E-state index in [-0.39, 0.29) is 41.3 Å². The molecule has 30 heavy (non-hydrogen) atoms. The average molecular weight is 418 g/mol. The van der Waals surface area contributed by atoms with Crippen LogP contribution in [0.25, 0.3) is 0 Å². The molecule has 0 unspecified atom stereocenters. The van der Waals surface area contributed by atoms with Crippen molar-refractivity contribution >= 4 is 0 Å². The van der Waals surface area contributed by atoms with Crippen LogP contribution in [-0.4, -0.2) is 65.3 Å². The minimum absolute atomic E-state index is 0.0901. The Morgan fingerprint density at radius 3 is 2.80 bits per heavy atom. The van der Waals surface area contributed by atoms with Crippen LogP contribution in [0.4, 0.5) is 4.39 Å². The molecule has 7 rings (SSSR count). The molecular formula is C24H32FNO4. The minimum Gasteiger partial charge on any atom is -0.504 e. The van der Waals surface area contributed by atoms with Crippen LogP contribution < -0.4 is 4.74 Å². The van der Waals surface area contributed by atoms with E-state index in [4.69, 9.17) is 9.47 Å². The third kappa shape index (κ3) is 1.87. The maximum atomic E-state index is 13.5. The van der Waals surface area contributed by atoms with E-state index in [1.165, 1.54) is 11.1 Å². The lowest BCUT2D eigenvalue weighted by Gasteiger charge is -2.74. The van der Waals surface area contributed by atoms with Crippen molar-refractivity contribution in [3.8, 4) is 11.5 Å². The number of methoxy groups -OCH3 is 1. The molecule has 4 bridgehead atoms. The predicted molar refractivity (Wildman–Crippen MR) is 110 cm³/mol. The Morgan fingerprint density at radius 2 is 2.10 bits per heavy atom. The third-order valence-electron chi connectivity index (χ3n) is 9.69. The van der Waals surface area contributed by atoms with Gasteiger partial charge in [-0.25, -0.2) is 4.39 Å². The number of hydrogen-bond donors (Lipinski definition) is 2. The lowest BCUT2D eigenvalue weighted by atomic mass is 9.34. The van der Waals surface area contributed by atoms with Crippen molar-refractivity contribution in [3.05, 3.63) is 23.3 Å². The second-order valence-corrected chi connectivity index (χ2v) is 10.8. The standard InChI is InChI=1S/C24H32FNO4/c1-21(2,28)16-13-22-6-7-24(16,29-3)20-23(22)8-10-26(11-9-25)17(22)12-14-4-5-15(27)19(30-20)18(14)23/h4-5,16-17,20,27-28H,6-13H2,1-3H3/t16-,17-,20-,22-,23+,24-/m1/s1. The monoisotopic (exact) mass is 417 g/mol. The van der Waals surface area contributed by atoms with E-state index in [0.29, 0.717) is 12.3 Å². The summed E-state index contributed by atoms with van der Waals surface area (Å²) in [6, 6.07) is 4.00. The van der Waals surface area contributed by atoms with Crippen molar-refractivity contribution in [1.29, 1.82) is 0 Å². The fourth-order valence-corrected chi connectivity index (χ4v) is 8.76. The Kier molecular flexibility index (Phi) is 3.67. The molecule has 3 saturated carbocycles. The molecule has 2 N–H and O–H groups in total. The van der Waals surface area contributed by atoms with Crippen LogP contribution in [0.5, 0.6) is 11.5 Å². The topological polar surface area (TPSA) is 62.2 Å². The van der Waals surface area contributed by atoms with Gasteiger partial charge in [0.15, 0.2) is 11.5 Å². The van der Waals surface area contributed by atoms with Gasteiger partial charge in [-0.3, -0.25) is 4.90 Å². The number of aromatic hydroxyl groups is 1. The number of piperidine rings is 1. The Labute approximate surface area is 177 Å². The number of hydrogen-bond acceptors (Lipinski definition) is 5. The Morgan fingerprint density at radius 1 is 1.30 bits per heavy atom. The molecule has 6 aliphatic rings. The molecule has 1 aromatic rings. The van der Waals surface area contributed by atoms with E-state index in [2.05, 4.69) is 4.90 Å². The molecular weight excluding hydrogens is 385 g/mol. The van der Waals surface area contributed by atoms with Gasteiger partial charge in [-0.05, 0) is 64.1 Å². The summed E-state index contributed by atoms with van der Waals surface area (Å²) in [5.74, 6) is 0.731. The summed E-state index contributed by atoms with van der Waals surface area (Å²) < 4.78 is 26.5. The summed E-state index contributed by atoms with van der Waals surface area (Å²) in [7, 11) is 1.75. The first-order valence-electron chi connectivity index (χ1n) is 11.3. The lowest BCUT2D eigenvalue weighted by molar-refractivity contribution is -0.300. The largest absolute Gasteiger partial charge is 0.504 e. The number of ether oxygens (including phenoxy) is 2. The molecule has 4 fully saturated rings. The SMILES string of the molecule is CO[C@]12CC[C@@]3(C[C@@H]1C(C)(C)O)[C@H]1Cc4ccc(O)c5c4[C@@]3(CCN1CCF)[C@H]2O5. The Hall–Kier alpha value is -1.37. The second kappa shape index (κ2) is 5.70. The lowest BCUT2D eigenvalue weighted by Crippen LogP contribution is -2.82. The minimum atomic E-state index is -0.926. The highest BCUT2D eigenvalue weighted by atomic mass is 19.1. The zero-order chi connectivity index (χ0) is 21.1. The van der Waals surface area contributed by atoms with Crippen LogP contribution in [0.1, 0.15) is 50.7 Å². The van der Waals surface area contributed by atoms with Crippen LogP contribution in [0, 0.1) is 11.3 Å². The quantitative estimate of drug-likeness (QED) is 0.789. The molecule has 164 valence electrons. The molecule has 6 heteroatoms. The number of likely N-dealkylation sites (tertiary alicyclic amines) is 1. The molecule has 2 spiro atoms. The molecule has 0 aromatic heterocycles. The highest BCUT2D eigenvalue weighted by Crippen LogP contribution is 2.77. The highest BCUT2D eigenvalue weighted by Gasteiger charge is 2.81. The summed E-state index contributed by atoms with van der Waals surface area (Å²) in [6.07, 6.45) is 4.11. The number of aliphatic hydroxyl groups is 1. The number of halogens is 1. The fraction of sp³-hybridized carbons (Fsp3) is 0.750. The third-order valence-corrected chi connectivity index (χ3v) is 9.69. The number of fused-ring (bicyclic) bond motifs is 2. The van der Waals surface area contributed by atoms with Gasteiger partial charge in [-0.2, -0.15) is 0 Å². The van der Waals surface area contributed by atoms with Gasteiger partial charge in [0, 0.05) is 42.0 Å². The maximum absolute atomic E-state index is 13.5. The molecule has 1 saturated heterocycles. The normalized spacial score (nSPS) is 43.4. The van der Waals surface area contributed by atoms with Gasteiger partial charge in [-0.15, -0.1) is 0 Å². The molecule has 5 nitrogen and oxygen atoms in total. The molecule has 0 amide bonds. The van der Waals surface area contributed by atoms with Gasteiger partial charge in [0.1, 0.15) is 18.4 Å². The Balaban J connectivity index is 1.65. The van der Waals surface area contributed by atoms with Crippen molar-refractivity contribution < 1.29 is 24.1 Å². The first-order chi connectivity index (χ1) is 14.2. The summed E-state index contributed by atoms with van der Waals surface area (Å²) >= 11 is 0. The van der Waals surface area contributed by atoms with E-state index >= 15 is 0 Å². The molecule has 2 aliphatic heterocycles. The van der Waals surface area contributed by atoms with Crippen molar-refractivity contribution in [2.45, 2.75) is 74.7 Å². The highest BCUT2D eigenvalue weighted by molar-refractivity contribution is 5.63. The average Bonchev–Trinajstić information content (AvgIpc) is 3.08. The molecule has 0 radical (unpaired) electrons. The van der Waals surface area contributed by atoms with Crippen LogP contribution in [0.15, 0.2) is 12.1 Å². The summed E-state index contributed by atoms with van der Waals surface area (Å²) in [6.45, 7) is 4.70. The van der Waals surface area contributed by atoms with E-state index < -0.39 is 11.2 Å². The van der Waals surface area contributed by atoms with E-state index in [9.17, 15) is 14.6 Å². The second-order valence-electron chi connectivity index (χ2n) is 10.8. The van der Waals surface area contributed by atoms with E-state index in [0.717, 1.165) is 38.6 Å². The van der Waals surface area contributed by atoms with Crippen LogP contribution in [0.3, 0.4) is 0 Å². The van der Waals surface area contributed by atoms with Crippen molar-refractivity contribution in [1.82, 2.24) is 4.90 Å². The number of rotatable bonds is 4. The van der Waals surface area contributed by atoms with Gasteiger partial charge in [-0.1, -0.05) is 6.07 Å². The first-order valence-corrected chi connectivity index (χ1v) is 11.3. The van der Waals surface area contributed by atoms with Crippen molar-refractivity contribution in [2.75, 3.05) is 26.9 Å². The molecule has 1 aromatic carbocycles. The van der Waals surface area contributed by atoms with Gasteiger partial charge < -0.3 is 19.7 Å². The number of benzene rings is 1. The maximum Gasteiger partial charge on any atom is 0.165 e.